The average Bonchev–Trinajstić information content (AvgIpc) is 2.94. The van der Waals surface area contributed by atoms with Gasteiger partial charge in [0, 0.05) is 23.7 Å². The number of alkyl halides is 3. The van der Waals surface area contributed by atoms with Gasteiger partial charge in [0.1, 0.15) is 11.9 Å². The molecule has 2 unspecified atom stereocenters. The third-order valence-corrected chi connectivity index (χ3v) is 7.58. The first-order valence-electron chi connectivity index (χ1n) is 9.93. The summed E-state index contributed by atoms with van der Waals surface area (Å²) in [5, 5.41) is 11.7. The SMILES string of the molecule is O=C1NCCC(C(F)(F)F)CC1N(Cc1ccc(CO)cc1F)S(=O)(=O)c1ccc(Cl)cc1. The molecule has 1 heterocycles. The molecule has 2 N–H and O–H groups in total. The molecule has 1 fully saturated rings. The Hall–Kier alpha value is -2.21. The van der Waals surface area contributed by atoms with E-state index in [-0.39, 0.29) is 27.6 Å². The zero-order valence-electron chi connectivity index (χ0n) is 17.1. The lowest BCUT2D eigenvalue weighted by atomic mass is 9.97. The first-order chi connectivity index (χ1) is 15.4. The van der Waals surface area contributed by atoms with Gasteiger partial charge in [0.05, 0.1) is 17.4 Å². The number of halogens is 5. The van der Waals surface area contributed by atoms with Crippen molar-refractivity contribution in [2.75, 3.05) is 6.54 Å². The van der Waals surface area contributed by atoms with Gasteiger partial charge in [-0.05, 0) is 48.7 Å². The minimum Gasteiger partial charge on any atom is -0.392 e. The van der Waals surface area contributed by atoms with Crippen LogP contribution in [0.5, 0.6) is 0 Å². The number of amides is 1. The van der Waals surface area contributed by atoms with Gasteiger partial charge in [-0.25, -0.2) is 12.8 Å². The van der Waals surface area contributed by atoms with E-state index in [1.54, 1.807) is 0 Å². The van der Waals surface area contributed by atoms with Gasteiger partial charge in [0.15, 0.2) is 0 Å². The number of nitrogens with zero attached hydrogens (tertiary/aromatic N) is 1. The van der Waals surface area contributed by atoms with Crippen LogP contribution in [0.1, 0.15) is 24.0 Å². The van der Waals surface area contributed by atoms with E-state index in [1.165, 1.54) is 24.3 Å². The fraction of sp³-hybridized carbons (Fsp3) is 0.381. The Kier molecular flexibility index (Phi) is 7.67. The number of benzene rings is 2. The van der Waals surface area contributed by atoms with Gasteiger partial charge >= 0.3 is 6.18 Å². The molecule has 0 radical (unpaired) electrons. The monoisotopic (exact) mass is 508 g/mol. The standard InChI is InChI=1S/C21H21ClF4N2O4S/c22-16-3-5-17(6-4-16)33(31,32)28(11-14-2-1-13(12-29)9-18(14)23)19-10-15(21(24,25)26)7-8-27-20(19)30/h1-6,9,15,19,29H,7-8,10-12H2,(H,27,30). The van der Waals surface area contributed by atoms with Crippen LogP contribution in [-0.2, 0) is 28.0 Å². The van der Waals surface area contributed by atoms with Crippen molar-refractivity contribution in [2.45, 2.75) is 43.1 Å². The molecule has 1 amide bonds. The maximum Gasteiger partial charge on any atom is 0.391 e. The van der Waals surface area contributed by atoms with Crippen molar-refractivity contribution >= 4 is 27.5 Å². The zero-order chi connectivity index (χ0) is 24.4. The minimum atomic E-state index is -4.64. The summed E-state index contributed by atoms with van der Waals surface area (Å²) in [7, 11) is -4.54. The Bertz CT molecular complexity index is 1110. The molecule has 1 aliphatic rings. The maximum absolute atomic E-state index is 14.6. The van der Waals surface area contributed by atoms with Crippen LogP contribution in [0.4, 0.5) is 17.6 Å². The van der Waals surface area contributed by atoms with E-state index in [0.29, 0.717) is 4.31 Å². The molecule has 0 aromatic heterocycles. The summed E-state index contributed by atoms with van der Waals surface area (Å²) in [6.45, 7) is -1.42. The summed E-state index contributed by atoms with van der Waals surface area (Å²) in [6, 6.07) is 6.74. The summed E-state index contributed by atoms with van der Waals surface area (Å²) < 4.78 is 82.7. The Morgan fingerprint density at radius 1 is 1.15 bits per heavy atom. The molecule has 0 bridgehead atoms. The second-order valence-corrected chi connectivity index (χ2v) is 9.98. The van der Waals surface area contributed by atoms with E-state index in [2.05, 4.69) is 5.32 Å². The molecule has 1 aliphatic heterocycles. The van der Waals surface area contributed by atoms with Crippen LogP contribution in [0.25, 0.3) is 0 Å². The first kappa shape index (κ1) is 25.4. The van der Waals surface area contributed by atoms with Gasteiger partial charge in [0.25, 0.3) is 0 Å². The molecule has 2 atom stereocenters. The number of hydrogen-bond donors (Lipinski definition) is 2. The van der Waals surface area contributed by atoms with E-state index in [9.17, 15) is 30.8 Å². The van der Waals surface area contributed by atoms with Crippen LogP contribution >= 0.6 is 11.6 Å². The molecule has 3 rings (SSSR count). The average molecular weight is 509 g/mol. The van der Waals surface area contributed by atoms with Crippen LogP contribution in [0.3, 0.4) is 0 Å². The van der Waals surface area contributed by atoms with Crippen LogP contribution in [0.15, 0.2) is 47.4 Å². The van der Waals surface area contributed by atoms with Crippen molar-refractivity contribution in [3.05, 3.63) is 64.4 Å². The second kappa shape index (κ2) is 9.96. The highest BCUT2D eigenvalue weighted by atomic mass is 35.5. The van der Waals surface area contributed by atoms with E-state index in [1.807, 2.05) is 0 Å². The van der Waals surface area contributed by atoms with Crippen LogP contribution in [-0.4, -0.2) is 42.5 Å². The van der Waals surface area contributed by atoms with Crippen molar-refractivity contribution in [3.63, 3.8) is 0 Å². The van der Waals surface area contributed by atoms with Crippen molar-refractivity contribution in [3.8, 4) is 0 Å². The van der Waals surface area contributed by atoms with Crippen molar-refractivity contribution in [1.82, 2.24) is 9.62 Å². The number of sulfonamides is 1. The summed E-state index contributed by atoms with van der Waals surface area (Å²) in [5.41, 5.74) is 0.0676. The predicted molar refractivity (Wildman–Crippen MR) is 112 cm³/mol. The van der Waals surface area contributed by atoms with E-state index < -0.39 is 65.9 Å². The number of aliphatic hydroxyl groups excluding tert-OH is 1. The van der Waals surface area contributed by atoms with Gasteiger partial charge < -0.3 is 10.4 Å². The molecule has 0 saturated carbocycles. The number of carbonyl (C=O) groups excluding carboxylic acids is 1. The van der Waals surface area contributed by atoms with Gasteiger partial charge in [-0.2, -0.15) is 17.5 Å². The Morgan fingerprint density at radius 2 is 1.82 bits per heavy atom. The largest absolute Gasteiger partial charge is 0.392 e. The predicted octanol–water partition coefficient (Wildman–Crippen LogP) is 3.62. The lowest BCUT2D eigenvalue weighted by Gasteiger charge is -2.31. The maximum atomic E-state index is 14.6. The normalized spacial score (nSPS) is 19.9. The number of rotatable bonds is 6. The molecule has 180 valence electrons. The molecular weight excluding hydrogens is 488 g/mol. The van der Waals surface area contributed by atoms with Gasteiger partial charge in [0.2, 0.25) is 15.9 Å². The fourth-order valence-electron chi connectivity index (χ4n) is 3.62. The van der Waals surface area contributed by atoms with E-state index in [4.69, 9.17) is 16.7 Å². The number of aliphatic hydroxyl groups is 1. The lowest BCUT2D eigenvalue weighted by molar-refractivity contribution is -0.179. The molecule has 12 heteroatoms. The number of hydrogen-bond acceptors (Lipinski definition) is 4. The Morgan fingerprint density at radius 3 is 2.39 bits per heavy atom. The zero-order valence-corrected chi connectivity index (χ0v) is 18.7. The van der Waals surface area contributed by atoms with Crippen LogP contribution < -0.4 is 5.32 Å². The quantitative estimate of drug-likeness (QED) is 0.584. The highest BCUT2D eigenvalue weighted by molar-refractivity contribution is 7.89. The third kappa shape index (κ3) is 5.84. The fourth-order valence-corrected chi connectivity index (χ4v) is 5.32. The first-order valence-corrected chi connectivity index (χ1v) is 11.7. The summed E-state index contributed by atoms with van der Waals surface area (Å²) in [5.74, 6) is -3.68. The molecule has 2 aromatic rings. The van der Waals surface area contributed by atoms with Crippen LogP contribution in [0, 0.1) is 11.7 Å². The smallest absolute Gasteiger partial charge is 0.391 e. The van der Waals surface area contributed by atoms with Crippen molar-refractivity contribution < 1.29 is 35.9 Å². The highest BCUT2D eigenvalue weighted by Gasteiger charge is 2.47. The van der Waals surface area contributed by atoms with E-state index in [0.717, 1.165) is 18.2 Å². The molecule has 1 saturated heterocycles. The Balaban J connectivity index is 2.09. The summed E-state index contributed by atoms with van der Waals surface area (Å²) in [4.78, 5) is 12.4. The summed E-state index contributed by atoms with van der Waals surface area (Å²) in [6.07, 6.45) is -5.85. The second-order valence-electron chi connectivity index (χ2n) is 7.66. The Labute approximate surface area is 193 Å². The van der Waals surface area contributed by atoms with Gasteiger partial charge in [-0.3, -0.25) is 4.79 Å². The highest BCUT2D eigenvalue weighted by Crippen LogP contribution is 2.36. The van der Waals surface area contributed by atoms with Crippen molar-refractivity contribution in [1.29, 1.82) is 0 Å². The van der Waals surface area contributed by atoms with Crippen molar-refractivity contribution in [2.24, 2.45) is 5.92 Å². The van der Waals surface area contributed by atoms with Gasteiger partial charge in [-0.1, -0.05) is 23.7 Å². The lowest BCUT2D eigenvalue weighted by Crippen LogP contribution is -2.49. The van der Waals surface area contributed by atoms with Gasteiger partial charge in [-0.15, -0.1) is 0 Å². The van der Waals surface area contributed by atoms with E-state index >= 15 is 0 Å². The molecule has 0 spiro atoms. The molecular formula is C21H21ClF4N2O4S. The number of carbonyl (C=O) groups is 1. The number of nitrogens with one attached hydrogen (secondary N) is 1. The molecule has 2 aromatic carbocycles. The molecule has 0 aliphatic carbocycles. The molecule has 33 heavy (non-hydrogen) atoms. The topological polar surface area (TPSA) is 86.7 Å². The third-order valence-electron chi connectivity index (χ3n) is 5.46. The molecule has 6 nitrogen and oxygen atoms in total. The summed E-state index contributed by atoms with van der Waals surface area (Å²) >= 11 is 5.82. The van der Waals surface area contributed by atoms with Crippen LogP contribution in [0.2, 0.25) is 5.02 Å². The minimum absolute atomic E-state index is 0.162.